The predicted octanol–water partition coefficient (Wildman–Crippen LogP) is 2.32. The van der Waals surface area contributed by atoms with Crippen LogP contribution in [-0.2, 0) is 13.0 Å². The molecule has 7 nitrogen and oxygen atoms in total. The highest BCUT2D eigenvalue weighted by atomic mass is 19.1. The van der Waals surface area contributed by atoms with Gasteiger partial charge in [0.05, 0.1) is 0 Å². The van der Waals surface area contributed by atoms with Gasteiger partial charge in [0.15, 0.2) is 5.82 Å². The second-order valence-corrected chi connectivity index (χ2v) is 7.00. The summed E-state index contributed by atoms with van der Waals surface area (Å²) in [6, 6.07) is 11.6. The summed E-state index contributed by atoms with van der Waals surface area (Å²) < 4.78 is 13.4. The zero-order chi connectivity index (χ0) is 21.3. The number of hydrogen-bond donors (Lipinski definition) is 4. The quantitative estimate of drug-likeness (QED) is 0.367. The van der Waals surface area contributed by atoms with Gasteiger partial charge >= 0.3 is 7.12 Å². The number of hydrogen-bond acceptors (Lipinski definition) is 6. The molecule has 0 fully saturated rings. The molecule has 4 rings (SSSR count). The molecule has 0 aliphatic rings. The second kappa shape index (κ2) is 8.21. The predicted molar refractivity (Wildman–Crippen MR) is 115 cm³/mol. The fourth-order valence-electron chi connectivity index (χ4n) is 3.47. The molecule has 0 aliphatic heterocycles. The lowest BCUT2D eigenvalue weighted by Gasteiger charge is -2.09. The molecule has 0 spiro atoms. The number of halogens is 1. The average Bonchev–Trinajstić information content (AvgIpc) is 3.07. The van der Waals surface area contributed by atoms with Gasteiger partial charge in [0, 0.05) is 40.6 Å². The molecule has 0 unspecified atom stereocenters. The monoisotopic (exact) mass is 405 g/mol. The first kappa shape index (κ1) is 20.0. The Morgan fingerprint density at radius 1 is 1.10 bits per heavy atom. The van der Waals surface area contributed by atoms with Gasteiger partial charge in [-0.2, -0.15) is 9.97 Å². The Balaban J connectivity index is 1.75. The van der Waals surface area contributed by atoms with Crippen LogP contribution in [0.2, 0.25) is 0 Å². The highest BCUT2D eigenvalue weighted by Crippen LogP contribution is 2.29. The van der Waals surface area contributed by atoms with Crippen molar-refractivity contribution in [2.75, 3.05) is 5.32 Å². The molecule has 2 aromatic heterocycles. The Bertz CT molecular complexity index is 1210. The number of H-pyrrole nitrogens is 1. The van der Waals surface area contributed by atoms with Crippen molar-refractivity contribution >= 4 is 29.4 Å². The summed E-state index contributed by atoms with van der Waals surface area (Å²) in [5.74, 6) is 1.20. The molecule has 0 saturated carbocycles. The second-order valence-electron chi connectivity index (χ2n) is 7.00. The van der Waals surface area contributed by atoms with Gasteiger partial charge in [0.1, 0.15) is 11.6 Å². The minimum absolute atomic E-state index is 0.295. The van der Waals surface area contributed by atoms with E-state index in [1.807, 2.05) is 26.0 Å². The SMILES string of the molecule is CCc1nc(NCc2cccc(F)c2)nc(-c2c(C)[nH]c3c(B(O)O)cccc23)n1. The van der Waals surface area contributed by atoms with Crippen LogP contribution in [0.5, 0.6) is 0 Å². The molecule has 2 aromatic carbocycles. The molecule has 152 valence electrons. The minimum atomic E-state index is -1.59. The van der Waals surface area contributed by atoms with Crippen molar-refractivity contribution in [2.24, 2.45) is 0 Å². The lowest BCUT2D eigenvalue weighted by atomic mass is 9.79. The first-order valence-corrected chi connectivity index (χ1v) is 9.67. The number of aromatic nitrogens is 4. The van der Waals surface area contributed by atoms with E-state index in [0.29, 0.717) is 41.5 Å². The van der Waals surface area contributed by atoms with Gasteiger partial charge in [-0.1, -0.05) is 37.3 Å². The van der Waals surface area contributed by atoms with Gasteiger partial charge in [0.25, 0.3) is 0 Å². The van der Waals surface area contributed by atoms with Crippen LogP contribution in [0.25, 0.3) is 22.3 Å². The summed E-state index contributed by atoms with van der Waals surface area (Å²) in [4.78, 5) is 16.8. The van der Waals surface area contributed by atoms with Crippen LogP contribution in [0.4, 0.5) is 10.3 Å². The van der Waals surface area contributed by atoms with Crippen LogP contribution in [0, 0.1) is 12.7 Å². The first-order valence-electron chi connectivity index (χ1n) is 9.67. The van der Waals surface area contributed by atoms with Crippen molar-refractivity contribution in [1.82, 2.24) is 19.9 Å². The molecule has 0 bridgehead atoms. The maximum Gasteiger partial charge on any atom is 0.490 e. The van der Waals surface area contributed by atoms with Gasteiger partial charge in [-0.15, -0.1) is 0 Å². The molecule has 0 saturated heterocycles. The number of aromatic amines is 1. The van der Waals surface area contributed by atoms with Crippen LogP contribution in [0.15, 0.2) is 42.5 Å². The molecular weight excluding hydrogens is 384 g/mol. The molecule has 0 amide bonds. The van der Waals surface area contributed by atoms with Gasteiger partial charge in [-0.3, -0.25) is 0 Å². The average molecular weight is 405 g/mol. The molecule has 0 atom stereocenters. The Morgan fingerprint density at radius 3 is 2.63 bits per heavy atom. The number of fused-ring (bicyclic) bond motifs is 1. The normalized spacial score (nSPS) is 11.1. The number of para-hydroxylation sites is 1. The van der Waals surface area contributed by atoms with E-state index in [9.17, 15) is 14.4 Å². The van der Waals surface area contributed by atoms with E-state index in [2.05, 4.69) is 25.3 Å². The Hall–Kier alpha value is -3.30. The largest absolute Gasteiger partial charge is 0.490 e. The molecule has 2 heterocycles. The van der Waals surface area contributed by atoms with E-state index < -0.39 is 7.12 Å². The third kappa shape index (κ3) is 3.89. The van der Waals surface area contributed by atoms with Crippen molar-refractivity contribution in [3.05, 3.63) is 65.4 Å². The number of nitrogens with one attached hydrogen (secondary N) is 2. The Kier molecular flexibility index (Phi) is 5.47. The van der Waals surface area contributed by atoms with Crippen molar-refractivity contribution in [1.29, 1.82) is 0 Å². The number of benzene rings is 2. The third-order valence-electron chi connectivity index (χ3n) is 4.89. The zero-order valence-corrected chi connectivity index (χ0v) is 16.6. The highest BCUT2D eigenvalue weighted by molar-refractivity contribution is 6.61. The molecule has 9 heteroatoms. The molecule has 0 aliphatic carbocycles. The molecular formula is C21H21BFN5O2. The van der Waals surface area contributed by atoms with E-state index in [1.165, 1.54) is 12.1 Å². The van der Waals surface area contributed by atoms with Crippen LogP contribution < -0.4 is 10.8 Å². The Morgan fingerprint density at radius 2 is 1.90 bits per heavy atom. The van der Waals surface area contributed by atoms with Gasteiger partial charge in [0.2, 0.25) is 5.95 Å². The van der Waals surface area contributed by atoms with E-state index in [1.54, 1.807) is 18.2 Å². The van der Waals surface area contributed by atoms with Crippen molar-refractivity contribution in [3.8, 4) is 11.4 Å². The summed E-state index contributed by atoms with van der Waals surface area (Å²) in [6.07, 6.45) is 0.617. The summed E-state index contributed by atoms with van der Waals surface area (Å²) in [7, 11) is -1.59. The lowest BCUT2D eigenvalue weighted by molar-refractivity contribution is 0.426. The summed E-state index contributed by atoms with van der Waals surface area (Å²) in [6.45, 7) is 4.22. The molecule has 4 N–H and O–H groups in total. The Labute approximate surface area is 173 Å². The summed E-state index contributed by atoms with van der Waals surface area (Å²) in [5.41, 5.74) is 3.38. The summed E-state index contributed by atoms with van der Waals surface area (Å²) in [5, 5.41) is 23.3. The number of nitrogens with zero attached hydrogens (tertiary/aromatic N) is 3. The maximum atomic E-state index is 13.4. The van der Waals surface area contributed by atoms with E-state index >= 15 is 0 Å². The van der Waals surface area contributed by atoms with Crippen molar-refractivity contribution in [2.45, 2.75) is 26.8 Å². The smallest absolute Gasteiger partial charge is 0.423 e. The van der Waals surface area contributed by atoms with Gasteiger partial charge in [-0.25, -0.2) is 9.37 Å². The van der Waals surface area contributed by atoms with E-state index in [4.69, 9.17) is 0 Å². The van der Waals surface area contributed by atoms with Crippen LogP contribution in [-0.4, -0.2) is 37.1 Å². The third-order valence-corrected chi connectivity index (χ3v) is 4.89. The molecule has 30 heavy (non-hydrogen) atoms. The van der Waals surface area contributed by atoms with E-state index in [-0.39, 0.29) is 5.82 Å². The fourth-order valence-corrected chi connectivity index (χ4v) is 3.47. The van der Waals surface area contributed by atoms with Crippen LogP contribution in [0.1, 0.15) is 24.0 Å². The summed E-state index contributed by atoms with van der Waals surface area (Å²) >= 11 is 0. The van der Waals surface area contributed by atoms with Crippen LogP contribution in [0.3, 0.4) is 0 Å². The highest BCUT2D eigenvalue weighted by Gasteiger charge is 2.21. The number of rotatable bonds is 6. The lowest BCUT2D eigenvalue weighted by Crippen LogP contribution is -2.30. The van der Waals surface area contributed by atoms with E-state index in [0.717, 1.165) is 22.2 Å². The van der Waals surface area contributed by atoms with Crippen LogP contribution >= 0.6 is 0 Å². The number of aryl methyl sites for hydroxylation is 2. The standard InChI is InChI=1S/C21H21BFN5O2/c1-3-17-26-20(28-21(27-17)24-11-13-6-4-7-14(23)10-13)18-12(2)25-19-15(18)8-5-9-16(19)22(29)30/h4-10,25,29-30H,3,11H2,1-2H3,(H,24,26,27,28). The van der Waals surface area contributed by atoms with Gasteiger partial charge in [-0.05, 0) is 24.6 Å². The number of anilines is 1. The molecule has 0 radical (unpaired) electrons. The minimum Gasteiger partial charge on any atom is -0.423 e. The van der Waals surface area contributed by atoms with Crippen molar-refractivity contribution < 1.29 is 14.4 Å². The van der Waals surface area contributed by atoms with Gasteiger partial charge < -0.3 is 20.3 Å². The topological polar surface area (TPSA) is 107 Å². The maximum absolute atomic E-state index is 13.4. The van der Waals surface area contributed by atoms with Crippen molar-refractivity contribution in [3.63, 3.8) is 0 Å². The first-order chi connectivity index (χ1) is 14.5. The molecule has 4 aromatic rings. The zero-order valence-electron chi connectivity index (χ0n) is 16.6. The fraction of sp³-hybridized carbons (Fsp3) is 0.190.